The molecule has 4 aliphatic rings. The summed E-state index contributed by atoms with van der Waals surface area (Å²) in [6.07, 6.45) is 11.9. The van der Waals surface area contributed by atoms with Gasteiger partial charge in [0.2, 0.25) is 12.1 Å². The van der Waals surface area contributed by atoms with Crippen molar-refractivity contribution in [1.29, 1.82) is 0 Å². The summed E-state index contributed by atoms with van der Waals surface area (Å²) in [6, 6.07) is 11.0. The van der Waals surface area contributed by atoms with Crippen LogP contribution in [0.2, 0.25) is 0 Å². The number of carbonyl (C=O) groups is 1. The standard InChI is InChI=1S/C44H57FN2O9/c1-4-23-52-33-19-20-38-36(27-33)41-34(13-7-10-22-49)31(12-6-9-21-48)26-35-37(46-56-40-14-8-11-25-53-40)28-39(44(55-38,42(35)41)54-24-5-2)47(43(50)51-3)29-30-15-17-32(45)18-16-30/h4-5,15-20,26-27,31,34,39-42,48-49H,1-2,6-14,21-25,28-29H2,3H3/t31-,34+,39-,40?,41+,42+,44+/m0/s1. The second-order valence-corrected chi connectivity index (χ2v) is 15.0. The van der Waals surface area contributed by atoms with Crippen LogP contribution in [0.25, 0.3) is 0 Å². The van der Waals surface area contributed by atoms with Gasteiger partial charge in [-0.1, -0.05) is 54.9 Å². The van der Waals surface area contributed by atoms with Gasteiger partial charge in [-0.3, -0.25) is 4.90 Å². The Bertz CT molecular complexity index is 1690. The Balaban J connectivity index is 1.59. The maximum atomic E-state index is 14.1. The van der Waals surface area contributed by atoms with Crippen molar-refractivity contribution in [1.82, 2.24) is 4.90 Å². The van der Waals surface area contributed by atoms with E-state index < -0.39 is 30.1 Å². The monoisotopic (exact) mass is 776 g/mol. The molecule has 2 aromatic rings. The molecule has 1 saturated heterocycles. The van der Waals surface area contributed by atoms with Crippen molar-refractivity contribution in [2.45, 2.75) is 94.8 Å². The molecule has 56 heavy (non-hydrogen) atoms. The number of methoxy groups -OCH3 is 1. The smallest absolute Gasteiger partial charge is 0.410 e. The average Bonchev–Trinajstić information content (AvgIpc) is 3.22. The summed E-state index contributed by atoms with van der Waals surface area (Å²) >= 11 is 0. The lowest BCUT2D eigenvalue weighted by atomic mass is 9.55. The number of hydrogen-bond acceptors (Lipinski definition) is 10. The number of nitrogens with zero attached hydrogens (tertiary/aromatic N) is 2. The molecule has 2 heterocycles. The molecule has 0 bridgehead atoms. The van der Waals surface area contributed by atoms with Gasteiger partial charge in [-0.25, -0.2) is 9.18 Å². The van der Waals surface area contributed by atoms with Gasteiger partial charge in [0, 0.05) is 44.1 Å². The molecule has 11 nitrogen and oxygen atoms in total. The number of halogens is 1. The highest BCUT2D eigenvalue weighted by Gasteiger charge is 2.65. The van der Waals surface area contributed by atoms with Gasteiger partial charge in [0.1, 0.15) is 30.0 Å². The van der Waals surface area contributed by atoms with Crippen LogP contribution in [0, 0.1) is 23.6 Å². The summed E-state index contributed by atoms with van der Waals surface area (Å²) in [5.41, 5.74) is 3.19. The van der Waals surface area contributed by atoms with Gasteiger partial charge in [0.05, 0.1) is 32.0 Å². The first kappa shape index (κ1) is 41.4. The molecule has 2 fully saturated rings. The van der Waals surface area contributed by atoms with Crippen molar-refractivity contribution >= 4 is 11.8 Å². The number of ether oxygens (including phenoxy) is 5. The number of fused-ring (bicyclic) bond motifs is 2. The summed E-state index contributed by atoms with van der Waals surface area (Å²) < 4.78 is 45.8. The molecule has 12 heteroatoms. The van der Waals surface area contributed by atoms with Crippen LogP contribution in [-0.2, 0) is 25.6 Å². The summed E-state index contributed by atoms with van der Waals surface area (Å²) in [4.78, 5) is 21.9. The second kappa shape index (κ2) is 19.8. The lowest BCUT2D eigenvalue weighted by Gasteiger charge is -2.59. The van der Waals surface area contributed by atoms with Crippen LogP contribution in [-0.4, -0.2) is 85.2 Å². The van der Waals surface area contributed by atoms with Crippen molar-refractivity contribution < 1.29 is 47.9 Å². The third-order valence-electron chi connectivity index (χ3n) is 11.5. The first-order chi connectivity index (χ1) is 27.4. The molecule has 1 saturated carbocycles. The summed E-state index contributed by atoms with van der Waals surface area (Å²) in [6.45, 7) is 9.09. The number of oxime groups is 1. The Kier molecular flexibility index (Phi) is 14.6. The number of allylic oxidation sites excluding steroid dienone is 1. The fraction of sp³-hybridized carbons (Fsp3) is 0.545. The number of amides is 1. The summed E-state index contributed by atoms with van der Waals surface area (Å²) in [5, 5.41) is 24.6. The van der Waals surface area contributed by atoms with Crippen molar-refractivity contribution in [2.24, 2.45) is 22.9 Å². The zero-order valence-electron chi connectivity index (χ0n) is 32.5. The molecular formula is C44H57FN2O9. The highest BCUT2D eigenvalue weighted by atomic mass is 19.1. The number of hydrogen-bond donors (Lipinski definition) is 2. The van der Waals surface area contributed by atoms with Crippen LogP contribution in [0.1, 0.15) is 81.3 Å². The van der Waals surface area contributed by atoms with E-state index in [4.69, 9.17) is 33.7 Å². The third-order valence-corrected chi connectivity index (χ3v) is 11.5. The molecular weight excluding hydrogens is 719 g/mol. The van der Waals surface area contributed by atoms with Crippen LogP contribution in [0.5, 0.6) is 11.5 Å². The van der Waals surface area contributed by atoms with Crippen molar-refractivity contribution in [2.75, 3.05) is 40.1 Å². The zero-order chi connectivity index (χ0) is 39.5. The van der Waals surface area contributed by atoms with E-state index in [1.165, 1.54) is 19.2 Å². The predicted octanol–water partition coefficient (Wildman–Crippen LogP) is 7.82. The quantitative estimate of drug-likeness (QED) is 0.0834. The van der Waals surface area contributed by atoms with Gasteiger partial charge >= 0.3 is 6.09 Å². The molecule has 2 aliphatic heterocycles. The van der Waals surface area contributed by atoms with E-state index >= 15 is 0 Å². The first-order valence-electron chi connectivity index (χ1n) is 20.1. The van der Waals surface area contributed by atoms with Gasteiger partial charge in [0.25, 0.3) is 0 Å². The molecule has 1 unspecified atom stereocenters. The van der Waals surface area contributed by atoms with Gasteiger partial charge in [0.15, 0.2) is 0 Å². The molecule has 2 aromatic carbocycles. The molecule has 0 aromatic heterocycles. The third kappa shape index (κ3) is 9.15. The molecule has 1 amide bonds. The fourth-order valence-corrected chi connectivity index (χ4v) is 9.02. The molecule has 0 radical (unpaired) electrons. The summed E-state index contributed by atoms with van der Waals surface area (Å²) in [5.74, 6) is -1.20. The van der Waals surface area contributed by atoms with E-state index in [0.29, 0.717) is 55.3 Å². The Morgan fingerprint density at radius 3 is 2.50 bits per heavy atom. The molecule has 2 aliphatic carbocycles. The van der Waals surface area contributed by atoms with Gasteiger partial charge in [-0.05, 0) is 91.8 Å². The zero-order valence-corrected chi connectivity index (χ0v) is 32.5. The Labute approximate surface area is 329 Å². The molecule has 2 N–H and O–H groups in total. The lowest BCUT2D eigenvalue weighted by molar-refractivity contribution is -0.256. The first-order valence-corrected chi connectivity index (χ1v) is 20.1. The average molecular weight is 777 g/mol. The van der Waals surface area contributed by atoms with E-state index in [1.54, 1.807) is 29.2 Å². The molecule has 304 valence electrons. The highest BCUT2D eigenvalue weighted by Crippen LogP contribution is 2.62. The number of carbonyl (C=O) groups excluding carboxylic acids is 1. The summed E-state index contributed by atoms with van der Waals surface area (Å²) in [7, 11) is 1.34. The Morgan fingerprint density at radius 2 is 1.80 bits per heavy atom. The maximum absolute atomic E-state index is 14.1. The maximum Gasteiger partial charge on any atom is 0.410 e. The Morgan fingerprint density at radius 1 is 1.04 bits per heavy atom. The number of benzene rings is 2. The van der Waals surface area contributed by atoms with Crippen LogP contribution < -0.4 is 9.47 Å². The lowest BCUT2D eigenvalue weighted by Crippen LogP contribution is -2.70. The highest BCUT2D eigenvalue weighted by molar-refractivity contribution is 6.03. The minimum atomic E-state index is -1.47. The SMILES string of the molecule is C=CCOc1ccc2c(c1)[C@H]1[C@H](CCCCO)[C@@H](CCCCO)C=C3C(=NOC4CCCCO4)C[C@H](N(Cc4ccc(F)cc4)C(=O)OC)[C@@](OCC=C)(O2)[C@H]31. The van der Waals surface area contributed by atoms with Crippen molar-refractivity contribution in [3.63, 3.8) is 0 Å². The van der Waals surface area contributed by atoms with E-state index in [1.807, 2.05) is 18.2 Å². The molecule has 0 spiro atoms. The van der Waals surface area contributed by atoms with Crippen molar-refractivity contribution in [3.05, 3.63) is 96.4 Å². The van der Waals surface area contributed by atoms with Gasteiger partial charge in [-0.2, -0.15) is 0 Å². The topological polar surface area (TPSA) is 129 Å². The minimum Gasteiger partial charge on any atom is -0.490 e. The van der Waals surface area contributed by atoms with E-state index in [9.17, 15) is 19.4 Å². The van der Waals surface area contributed by atoms with Crippen LogP contribution in [0.4, 0.5) is 9.18 Å². The van der Waals surface area contributed by atoms with Crippen LogP contribution >= 0.6 is 0 Å². The van der Waals surface area contributed by atoms with Crippen LogP contribution in [0.3, 0.4) is 0 Å². The van der Waals surface area contributed by atoms with E-state index in [0.717, 1.165) is 49.7 Å². The molecule has 7 atom stereocenters. The van der Waals surface area contributed by atoms with Gasteiger partial charge < -0.3 is 38.7 Å². The number of aliphatic hydroxyl groups is 2. The largest absolute Gasteiger partial charge is 0.490 e. The number of unbranched alkanes of at least 4 members (excludes halogenated alkanes) is 2. The van der Waals surface area contributed by atoms with E-state index in [-0.39, 0.29) is 56.4 Å². The number of aliphatic hydroxyl groups excluding tert-OH is 2. The predicted molar refractivity (Wildman–Crippen MR) is 210 cm³/mol. The van der Waals surface area contributed by atoms with Gasteiger partial charge in [-0.15, -0.1) is 6.58 Å². The number of rotatable bonds is 19. The Hall–Kier alpha value is -4.23. The fourth-order valence-electron chi connectivity index (χ4n) is 9.02. The normalized spacial score (nSPS) is 27.2. The molecule has 6 rings (SSSR count). The van der Waals surface area contributed by atoms with E-state index in [2.05, 4.69) is 19.2 Å². The van der Waals surface area contributed by atoms with Crippen molar-refractivity contribution in [3.8, 4) is 11.5 Å². The second-order valence-electron chi connectivity index (χ2n) is 15.0. The minimum absolute atomic E-state index is 0.0456. The van der Waals surface area contributed by atoms with Crippen LogP contribution in [0.15, 0.2) is 84.6 Å².